The van der Waals surface area contributed by atoms with Crippen LogP contribution in [0.15, 0.2) is 41.8 Å². The zero-order chi connectivity index (χ0) is 40.8. The van der Waals surface area contributed by atoms with Crippen LogP contribution < -0.4 is 20.3 Å². The molecule has 1 aromatic heterocycles. The number of fused-ring (bicyclic) bond motifs is 4. The second kappa shape index (κ2) is 16.3. The predicted molar refractivity (Wildman–Crippen MR) is 217 cm³/mol. The maximum Gasteiger partial charge on any atom is 0.408 e. The van der Waals surface area contributed by atoms with E-state index in [-0.39, 0.29) is 37.4 Å². The summed E-state index contributed by atoms with van der Waals surface area (Å²) in [6.07, 6.45) is 10.9. The minimum Gasteiger partial charge on any atom is -0.446 e. The first-order valence-corrected chi connectivity index (χ1v) is 23.1. The number of alkyl carbamates (subject to hydrolysis) is 1. The van der Waals surface area contributed by atoms with Gasteiger partial charge in [0.1, 0.15) is 23.7 Å². The van der Waals surface area contributed by atoms with Crippen molar-refractivity contribution in [2.75, 3.05) is 38.6 Å². The normalized spacial score (nSPS) is 29.6. The molecule has 5 amide bonds. The highest BCUT2D eigenvalue weighted by molar-refractivity contribution is 7.91. The average molecular weight is 836 g/mol. The summed E-state index contributed by atoms with van der Waals surface area (Å²) in [7, 11) is -0.0654. The highest BCUT2D eigenvalue weighted by Crippen LogP contribution is 2.47. The molecule has 3 saturated carbocycles. The number of aromatic nitrogens is 1. The molecule has 1 aromatic carbocycles. The molecule has 312 valence electrons. The van der Waals surface area contributed by atoms with Crippen LogP contribution in [0.4, 0.5) is 9.93 Å². The van der Waals surface area contributed by atoms with Gasteiger partial charge in [-0.15, -0.1) is 11.3 Å². The van der Waals surface area contributed by atoms with E-state index in [9.17, 15) is 32.4 Å². The van der Waals surface area contributed by atoms with E-state index >= 15 is 0 Å². The lowest BCUT2D eigenvalue weighted by atomic mass is 9.93. The van der Waals surface area contributed by atoms with E-state index in [1.165, 1.54) is 16.2 Å². The summed E-state index contributed by atoms with van der Waals surface area (Å²) in [5, 5.41) is 7.95. The Morgan fingerprint density at radius 3 is 2.52 bits per heavy atom. The lowest BCUT2D eigenvalue weighted by Crippen LogP contribution is -2.60. The maximum absolute atomic E-state index is 14.8. The van der Waals surface area contributed by atoms with Crippen LogP contribution in [0.25, 0.3) is 11.3 Å². The number of benzene rings is 1. The Morgan fingerprint density at radius 2 is 1.78 bits per heavy atom. The highest BCUT2D eigenvalue weighted by Gasteiger charge is 2.63. The number of carbonyl (C=O) groups excluding carboxylic acids is 5. The summed E-state index contributed by atoms with van der Waals surface area (Å²) in [4.78, 5) is 80.4. The van der Waals surface area contributed by atoms with E-state index < -0.39 is 68.5 Å². The van der Waals surface area contributed by atoms with Crippen LogP contribution in [0.3, 0.4) is 0 Å². The standard InChI is InChI=1S/C41H53N7O8S2/c1-46(2)39-42-33(24-57-39)25-11-10-12-26(19-25)36(50)47-21-27-22-48-34(31(27)23-47)35(49)44-41(38(52)45-58(54,55)30-17-18-30)20-28(41)13-6-4-3-5-7-16-32(37(48)51)43-40(53)56-29-14-8-9-15-29/h6,10-13,19,24,27-32,34H,3-5,7-9,14-18,20-23H2,1-2H3,(H,43,53)(H,44,49)(H,45,52)/b13-6-/t27-,28+,31-,32+,34-,41-/m0/s1. The number of thiazole rings is 1. The van der Waals surface area contributed by atoms with Crippen molar-refractivity contribution in [1.29, 1.82) is 0 Å². The molecular formula is C41H53N7O8S2. The lowest BCUT2D eigenvalue weighted by molar-refractivity contribution is -0.142. The number of ether oxygens (including phenoxy) is 1. The average Bonchev–Trinajstić information content (AvgIpc) is 3.85. The quantitative estimate of drug-likeness (QED) is 0.330. The first kappa shape index (κ1) is 40.3. The molecule has 17 heteroatoms. The number of hydrogen-bond donors (Lipinski definition) is 3. The van der Waals surface area contributed by atoms with Gasteiger partial charge in [-0.1, -0.05) is 37.1 Å². The topological polar surface area (TPSA) is 187 Å². The largest absolute Gasteiger partial charge is 0.446 e. The molecule has 6 atom stereocenters. The van der Waals surface area contributed by atoms with Crippen LogP contribution in [0.1, 0.15) is 87.4 Å². The molecule has 3 N–H and O–H groups in total. The zero-order valence-electron chi connectivity index (χ0n) is 33.1. The van der Waals surface area contributed by atoms with Crippen LogP contribution in [0.5, 0.6) is 0 Å². The Bertz CT molecular complexity index is 2080. The summed E-state index contributed by atoms with van der Waals surface area (Å²) >= 11 is 1.51. The maximum atomic E-state index is 14.8. The van der Waals surface area contributed by atoms with Gasteiger partial charge >= 0.3 is 6.09 Å². The van der Waals surface area contributed by atoms with Gasteiger partial charge < -0.3 is 30.1 Å². The molecule has 3 aliphatic heterocycles. The molecule has 58 heavy (non-hydrogen) atoms. The van der Waals surface area contributed by atoms with E-state index in [4.69, 9.17) is 9.72 Å². The van der Waals surface area contributed by atoms with Gasteiger partial charge in [-0.05, 0) is 76.3 Å². The Labute approximate surface area is 343 Å². The molecule has 2 saturated heterocycles. The molecule has 15 nitrogen and oxygen atoms in total. The number of anilines is 1. The first-order valence-electron chi connectivity index (χ1n) is 20.7. The van der Waals surface area contributed by atoms with E-state index in [0.29, 0.717) is 44.2 Å². The number of carbonyl (C=O) groups is 5. The van der Waals surface area contributed by atoms with Gasteiger partial charge in [0.05, 0.1) is 10.9 Å². The van der Waals surface area contributed by atoms with Crippen molar-refractivity contribution in [1.82, 2.24) is 30.1 Å². The molecule has 0 radical (unpaired) electrons. The van der Waals surface area contributed by atoms with Crippen molar-refractivity contribution < 1.29 is 37.1 Å². The van der Waals surface area contributed by atoms with Gasteiger partial charge in [0, 0.05) is 68.0 Å². The van der Waals surface area contributed by atoms with Crippen LogP contribution in [0, 0.1) is 17.8 Å². The Balaban J connectivity index is 1.07. The van der Waals surface area contributed by atoms with Crippen molar-refractivity contribution in [3.8, 4) is 11.3 Å². The Morgan fingerprint density at radius 1 is 1.00 bits per heavy atom. The fourth-order valence-corrected chi connectivity index (χ4v) is 11.3. The number of rotatable bonds is 8. The Kier molecular flexibility index (Phi) is 11.3. The number of hydrogen-bond acceptors (Lipinski definition) is 11. The third kappa shape index (κ3) is 8.34. The minimum atomic E-state index is -3.91. The van der Waals surface area contributed by atoms with E-state index in [1.54, 1.807) is 11.0 Å². The SMILES string of the molecule is CN(C)c1nc(-c2cccc(C(=O)N3C[C@H]4CN5C(=O)[C@H](NC(=O)OC6CCCC6)CCCCC/C=C\[C@@H]6C[C@]6(C(=O)NS(=O)(=O)C6CC6)NC(=O)[C@@H]5[C@H]4C3)c2)cs1. The summed E-state index contributed by atoms with van der Waals surface area (Å²) in [6, 6.07) is 5.27. The van der Waals surface area contributed by atoms with Gasteiger partial charge in [-0.25, -0.2) is 18.2 Å². The number of nitrogens with zero attached hydrogens (tertiary/aromatic N) is 4. The highest BCUT2D eigenvalue weighted by atomic mass is 32.2. The second-order valence-electron chi connectivity index (χ2n) is 17.1. The third-order valence-electron chi connectivity index (χ3n) is 12.6. The van der Waals surface area contributed by atoms with Gasteiger partial charge in [-0.2, -0.15) is 0 Å². The van der Waals surface area contributed by atoms with Crippen LogP contribution in [-0.2, 0) is 29.1 Å². The molecule has 0 bridgehead atoms. The molecule has 0 spiro atoms. The monoisotopic (exact) mass is 835 g/mol. The van der Waals surface area contributed by atoms with Gasteiger partial charge in [0.15, 0.2) is 5.13 Å². The lowest BCUT2D eigenvalue weighted by Gasteiger charge is -2.33. The summed E-state index contributed by atoms with van der Waals surface area (Å²) in [6.45, 7) is 0.630. The van der Waals surface area contributed by atoms with Gasteiger partial charge in [0.25, 0.3) is 11.8 Å². The van der Waals surface area contributed by atoms with Crippen LogP contribution in [0.2, 0.25) is 0 Å². The molecule has 3 aliphatic carbocycles. The molecule has 0 unspecified atom stereocenters. The fourth-order valence-electron chi connectivity index (χ4n) is 9.17. The number of likely N-dealkylation sites (tertiary alicyclic amines) is 1. The fraction of sp³-hybridized carbons (Fsp3) is 0.610. The minimum absolute atomic E-state index is 0.159. The van der Waals surface area contributed by atoms with E-state index in [2.05, 4.69) is 15.4 Å². The molecule has 4 heterocycles. The number of nitrogens with one attached hydrogen (secondary N) is 3. The van der Waals surface area contributed by atoms with Crippen molar-refractivity contribution in [2.45, 2.75) is 106 Å². The van der Waals surface area contributed by atoms with E-state index in [0.717, 1.165) is 54.9 Å². The number of amides is 5. The first-order chi connectivity index (χ1) is 27.8. The number of allylic oxidation sites excluding steroid dienone is 1. The summed E-state index contributed by atoms with van der Waals surface area (Å²) in [5.41, 5.74) is 0.524. The van der Waals surface area contributed by atoms with Crippen molar-refractivity contribution in [3.05, 3.63) is 47.4 Å². The molecule has 5 fully saturated rings. The zero-order valence-corrected chi connectivity index (χ0v) is 34.7. The smallest absolute Gasteiger partial charge is 0.408 e. The molecule has 2 aromatic rings. The second-order valence-corrected chi connectivity index (χ2v) is 19.9. The number of sulfonamides is 1. The summed E-state index contributed by atoms with van der Waals surface area (Å²) < 4.78 is 33.8. The van der Waals surface area contributed by atoms with Gasteiger partial charge in [-0.3, -0.25) is 23.9 Å². The molecule has 6 aliphatic rings. The third-order valence-corrected chi connectivity index (χ3v) is 15.5. The Hall–Kier alpha value is -4.51. The summed E-state index contributed by atoms with van der Waals surface area (Å²) in [5.74, 6) is -3.19. The van der Waals surface area contributed by atoms with E-state index in [1.807, 2.05) is 54.7 Å². The predicted octanol–water partition coefficient (Wildman–Crippen LogP) is 3.82. The van der Waals surface area contributed by atoms with Crippen molar-refractivity contribution in [3.63, 3.8) is 0 Å². The molecule has 8 rings (SSSR count). The molecular weight excluding hydrogens is 783 g/mol. The van der Waals surface area contributed by atoms with Crippen LogP contribution >= 0.6 is 11.3 Å². The van der Waals surface area contributed by atoms with Gasteiger partial charge in [0.2, 0.25) is 21.8 Å². The van der Waals surface area contributed by atoms with Crippen LogP contribution in [-0.4, -0.2) is 116 Å². The van der Waals surface area contributed by atoms with Crippen molar-refractivity contribution >= 4 is 56.2 Å². The van der Waals surface area contributed by atoms with Crippen molar-refractivity contribution in [2.24, 2.45) is 17.8 Å².